The summed E-state index contributed by atoms with van der Waals surface area (Å²) in [4.78, 5) is 19.9. The number of allylic oxidation sites excluding steroid dienone is 1. The van der Waals surface area contributed by atoms with E-state index in [2.05, 4.69) is 29.1 Å². The van der Waals surface area contributed by atoms with Crippen LogP contribution in [0.3, 0.4) is 0 Å². The molecule has 1 heterocycles. The summed E-state index contributed by atoms with van der Waals surface area (Å²) in [6.45, 7) is 6.51. The summed E-state index contributed by atoms with van der Waals surface area (Å²) in [5, 5.41) is 2.83. The van der Waals surface area contributed by atoms with Gasteiger partial charge in [-0.15, -0.1) is 0 Å². The monoisotopic (exact) mass is 247 g/mol. The number of carbonyl (C=O) groups is 1. The number of hydrogen-bond acceptors (Lipinski definition) is 3. The van der Waals surface area contributed by atoms with E-state index in [0.717, 1.165) is 24.2 Å². The Bertz CT molecular complexity index is 410. The first-order valence-corrected chi connectivity index (χ1v) is 6.31. The molecule has 0 aliphatic rings. The van der Waals surface area contributed by atoms with Crippen LogP contribution in [0.5, 0.6) is 0 Å². The van der Waals surface area contributed by atoms with Gasteiger partial charge in [-0.25, -0.2) is 0 Å². The highest BCUT2D eigenvalue weighted by Crippen LogP contribution is 2.04. The number of nitrogens with one attached hydrogen (secondary N) is 1. The van der Waals surface area contributed by atoms with Crippen molar-refractivity contribution in [1.29, 1.82) is 0 Å². The maximum atomic E-state index is 11.6. The van der Waals surface area contributed by atoms with Crippen LogP contribution in [-0.4, -0.2) is 15.9 Å². The van der Waals surface area contributed by atoms with E-state index in [-0.39, 0.29) is 5.91 Å². The van der Waals surface area contributed by atoms with E-state index >= 15 is 0 Å². The molecule has 0 aliphatic heterocycles. The van der Waals surface area contributed by atoms with Crippen molar-refractivity contribution in [2.75, 3.05) is 0 Å². The zero-order valence-electron chi connectivity index (χ0n) is 11.4. The van der Waals surface area contributed by atoms with Crippen molar-refractivity contribution in [2.24, 2.45) is 0 Å². The molecule has 0 radical (unpaired) electrons. The second kappa shape index (κ2) is 7.58. The first kappa shape index (κ1) is 14.4. The minimum absolute atomic E-state index is 0.0211. The van der Waals surface area contributed by atoms with Crippen molar-refractivity contribution in [3.63, 3.8) is 0 Å². The largest absolute Gasteiger partial charge is 0.350 e. The molecule has 18 heavy (non-hydrogen) atoms. The van der Waals surface area contributed by atoms with Crippen molar-refractivity contribution < 1.29 is 4.79 Å². The smallest absolute Gasteiger partial charge is 0.224 e. The van der Waals surface area contributed by atoms with Crippen LogP contribution >= 0.6 is 0 Å². The predicted molar refractivity (Wildman–Crippen MR) is 71.9 cm³/mol. The van der Waals surface area contributed by atoms with Crippen LogP contribution in [0, 0.1) is 6.92 Å². The summed E-state index contributed by atoms with van der Waals surface area (Å²) in [5.41, 5.74) is 2.93. The van der Waals surface area contributed by atoms with E-state index in [1.165, 1.54) is 5.57 Å². The first-order valence-electron chi connectivity index (χ1n) is 6.31. The molecule has 1 aromatic heterocycles. The van der Waals surface area contributed by atoms with Gasteiger partial charge in [-0.3, -0.25) is 14.8 Å². The van der Waals surface area contributed by atoms with E-state index in [4.69, 9.17) is 0 Å². The highest BCUT2D eigenvalue weighted by Gasteiger charge is 2.00. The molecule has 4 nitrogen and oxygen atoms in total. The number of nitrogens with zero attached hydrogens (tertiary/aromatic N) is 2. The highest BCUT2D eigenvalue weighted by molar-refractivity contribution is 5.77. The van der Waals surface area contributed by atoms with Crippen LogP contribution in [-0.2, 0) is 11.3 Å². The molecule has 0 aliphatic carbocycles. The van der Waals surface area contributed by atoms with Crippen LogP contribution < -0.4 is 5.32 Å². The predicted octanol–water partition coefficient (Wildman–Crippen LogP) is 2.54. The van der Waals surface area contributed by atoms with Gasteiger partial charge in [0.2, 0.25) is 5.91 Å². The number of carbonyl (C=O) groups excluding carboxylic acids is 1. The molecule has 0 fully saturated rings. The lowest BCUT2D eigenvalue weighted by molar-refractivity contribution is -0.120. The van der Waals surface area contributed by atoms with Gasteiger partial charge in [-0.2, -0.15) is 0 Å². The summed E-state index contributed by atoms with van der Waals surface area (Å²) in [6.07, 6.45) is 7.98. The Morgan fingerprint density at radius 2 is 2.17 bits per heavy atom. The minimum atomic E-state index is 0.0211. The standard InChI is InChI=1S/C14H21N3O/c1-4-5-11(2)6-7-14(18)17-10-13-9-15-12(3)8-16-13/h6,8-9H,4-5,7,10H2,1-3H3,(H,17,18)/b11-6+. The normalized spacial score (nSPS) is 11.4. The molecule has 98 valence electrons. The Labute approximate surface area is 109 Å². The number of aryl methyl sites for hydroxylation is 1. The van der Waals surface area contributed by atoms with Crippen LogP contribution in [0.4, 0.5) is 0 Å². The van der Waals surface area contributed by atoms with Gasteiger partial charge in [0.25, 0.3) is 0 Å². The van der Waals surface area contributed by atoms with Gasteiger partial charge in [0.05, 0.1) is 24.1 Å². The maximum absolute atomic E-state index is 11.6. The Balaban J connectivity index is 2.33. The quantitative estimate of drug-likeness (QED) is 0.786. The molecule has 0 aromatic carbocycles. The molecule has 0 bridgehead atoms. The van der Waals surface area contributed by atoms with Crippen molar-refractivity contribution in [2.45, 2.75) is 46.6 Å². The average molecular weight is 247 g/mol. The summed E-state index contributed by atoms with van der Waals surface area (Å²) < 4.78 is 0. The Hall–Kier alpha value is -1.71. The van der Waals surface area contributed by atoms with Crippen molar-refractivity contribution >= 4 is 5.91 Å². The summed E-state index contributed by atoms with van der Waals surface area (Å²) >= 11 is 0. The topological polar surface area (TPSA) is 54.9 Å². The van der Waals surface area contributed by atoms with E-state index in [9.17, 15) is 4.79 Å². The van der Waals surface area contributed by atoms with Gasteiger partial charge in [0.15, 0.2) is 0 Å². The van der Waals surface area contributed by atoms with Crippen LogP contribution in [0.25, 0.3) is 0 Å². The number of aromatic nitrogens is 2. The van der Waals surface area contributed by atoms with Gasteiger partial charge in [0, 0.05) is 12.6 Å². The van der Waals surface area contributed by atoms with Crippen molar-refractivity contribution in [3.8, 4) is 0 Å². The first-order chi connectivity index (χ1) is 8.61. The molecule has 0 saturated heterocycles. The molecule has 1 amide bonds. The second-order valence-electron chi connectivity index (χ2n) is 4.43. The third-order valence-electron chi connectivity index (χ3n) is 2.58. The Morgan fingerprint density at radius 1 is 1.39 bits per heavy atom. The van der Waals surface area contributed by atoms with Crippen LogP contribution in [0.2, 0.25) is 0 Å². The maximum Gasteiger partial charge on any atom is 0.224 e. The molecule has 0 unspecified atom stereocenters. The lowest BCUT2D eigenvalue weighted by Crippen LogP contribution is -2.22. The van der Waals surface area contributed by atoms with E-state index in [1.54, 1.807) is 12.4 Å². The molecule has 1 rings (SSSR count). The van der Waals surface area contributed by atoms with Crippen LogP contribution in [0.15, 0.2) is 24.0 Å². The fourth-order valence-corrected chi connectivity index (χ4v) is 1.54. The molecule has 0 saturated carbocycles. The zero-order valence-corrected chi connectivity index (χ0v) is 11.4. The Kier molecular flexibility index (Phi) is 6.05. The molecular formula is C14H21N3O. The molecule has 0 spiro atoms. The van der Waals surface area contributed by atoms with E-state index < -0.39 is 0 Å². The molecular weight excluding hydrogens is 226 g/mol. The number of amides is 1. The fourth-order valence-electron chi connectivity index (χ4n) is 1.54. The van der Waals surface area contributed by atoms with Gasteiger partial charge >= 0.3 is 0 Å². The van der Waals surface area contributed by atoms with E-state index in [1.807, 2.05) is 13.0 Å². The van der Waals surface area contributed by atoms with Gasteiger partial charge in [-0.05, 0) is 20.3 Å². The van der Waals surface area contributed by atoms with Gasteiger partial charge < -0.3 is 5.32 Å². The highest BCUT2D eigenvalue weighted by atomic mass is 16.1. The lowest BCUT2D eigenvalue weighted by Gasteiger charge is -2.03. The van der Waals surface area contributed by atoms with Crippen molar-refractivity contribution in [1.82, 2.24) is 15.3 Å². The molecule has 0 atom stereocenters. The average Bonchev–Trinajstić information content (AvgIpc) is 2.36. The number of hydrogen-bond donors (Lipinski definition) is 1. The van der Waals surface area contributed by atoms with Crippen molar-refractivity contribution in [3.05, 3.63) is 35.4 Å². The third kappa shape index (κ3) is 5.57. The summed E-state index contributed by atoms with van der Waals surface area (Å²) in [6, 6.07) is 0. The second-order valence-corrected chi connectivity index (χ2v) is 4.43. The number of rotatable bonds is 6. The molecule has 1 N–H and O–H groups in total. The minimum Gasteiger partial charge on any atom is -0.350 e. The van der Waals surface area contributed by atoms with Crippen LogP contribution in [0.1, 0.15) is 44.5 Å². The fraction of sp³-hybridized carbons (Fsp3) is 0.500. The molecule has 4 heteroatoms. The Morgan fingerprint density at radius 3 is 2.78 bits per heavy atom. The summed E-state index contributed by atoms with van der Waals surface area (Å²) in [5.74, 6) is 0.0211. The van der Waals surface area contributed by atoms with Gasteiger partial charge in [0.1, 0.15) is 0 Å². The zero-order chi connectivity index (χ0) is 13.4. The molecule has 1 aromatic rings. The van der Waals surface area contributed by atoms with E-state index in [0.29, 0.717) is 13.0 Å². The SMILES string of the molecule is CCC/C(C)=C/CC(=O)NCc1cnc(C)cn1. The van der Waals surface area contributed by atoms with Gasteiger partial charge in [-0.1, -0.05) is 25.0 Å². The third-order valence-corrected chi connectivity index (χ3v) is 2.58. The lowest BCUT2D eigenvalue weighted by atomic mass is 10.1. The summed E-state index contributed by atoms with van der Waals surface area (Å²) in [7, 11) is 0.